The van der Waals surface area contributed by atoms with Crippen LogP contribution in [0.4, 0.5) is 4.39 Å². The summed E-state index contributed by atoms with van der Waals surface area (Å²) in [6.07, 6.45) is -0.749. The van der Waals surface area contributed by atoms with Crippen molar-refractivity contribution in [1.82, 2.24) is 5.32 Å². The standard InChI is InChI=1S/C13H18FNO3/c1-8-4-10(5-9(2)12(8)14)13(17)15-6-11(16)7-18-3/h4-5,11,16H,6-7H2,1-3H3,(H,15,17). The van der Waals surface area contributed by atoms with Crippen molar-refractivity contribution in [3.05, 3.63) is 34.6 Å². The van der Waals surface area contributed by atoms with Gasteiger partial charge in [0.1, 0.15) is 5.82 Å². The van der Waals surface area contributed by atoms with E-state index in [0.717, 1.165) is 0 Å². The van der Waals surface area contributed by atoms with Gasteiger partial charge in [0.25, 0.3) is 5.91 Å². The molecule has 1 atom stereocenters. The van der Waals surface area contributed by atoms with E-state index in [4.69, 9.17) is 4.74 Å². The Balaban J connectivity index is 2.67. The molecule has 1 amide bonds. The Kier molecular flexibility index (Phi) is 5.25. The summed E-state index contributed by atoms with van der Waals surface area (Å²) in [5.74, 6) is -0.637. The second-order valence-corrected chi connectivity index (χ2v) is 4.24. The Morgan fingerprint density at radius 2 is 2.00 bits per heavy atom. The number of amides is 1. The summed E-state index contributed by atoms with van der Waals surface area (Å²) in [4.78, 5) is 11.8. The van der Waals surface area contributed by atoms with Crippen LogP contribution in [0.1, 0.15) is 21.5 Å². The van der Waals surface area contributed by atoms with Crippen LogP contribution in [0.25, 0.3) is 0 Å². The molecule has 0 radical (unpaired) electrons. The minimum Gasteiger partial charge on any atom is -0.389 e. The second kappa shape index (κ2) is 6.47. The van der Waals surface area contributed by atoms with E-state index >= 15 is 0 Å². The van der Waals surface area contributed by atoms with Gasteiger partial charge in [-0.05, 0) is 37.1 Å². The van der Waals surface area contributed by atoms with Crippen LogP contribution in [-0.4, -0.2) is 37.4 Å². The lowest BCUT2D eigenvalue weighted by Gasteiger charge is -2.11. The second-order valence-electron chi connectivity index (χ2n) is 4.24. The number of hydrogen-bond acceptors (Lipinski definition) is 3. The van der Waals surface area contributed by atoms with Crippen molar-refractivity contribution in [1.29, 1.82) is 0 Å². The van der Waals surface area contributed by atoms with Crippen molar-refractivity contribution >= 4 is 5.91 Å². The monoisotopic (exact) mass is 255 g/mol. The van der Waals surface area contributed by atoms with Crippen LogP contribution >= 0.6 is 0 Å². The summed E-state index contributed by atoms with van der Waals surface area (Å²) < 4.78 is 18.1. The highest BCUT2D eigenvalue weighted by Crippen LogP contribution is 2.14. The van der Waals surface area contributed by atoms with E-state index < -0.39 is 6.10 Å². The van der Waals surface area contributed by atoms with Gasteiger partial charge in [0.2, 0.25) is 0 Å². The molecule has 18 heavy (non-hydrogen) atoms. The molecule has 0 aliphatic rings. The Morgan fingerprint density at radius 1 is 1.44 bits per heavy atom. The first-order chi connectivity index (χ1) is 8.45. The van der Waals surface area contributed by atoms with Crippen LogP contribution < -0.4 is 5.32 Å². The number of aliphatic hydroxyl groups excluding tert-OH is 1. The summed E-state index contributed by atoms with van der Waals surface area (Å²) in [6.45, 7) is 3.47. The minimum absolute atomic E-state index is 0.0994. The van der Waals surface area contributed by atoms with Crippen molar-refractivity contribution in [3.63, 3.8) is 0 Å². The first kappa shape index (κ1) is 14.6. The maximum Gasteiger partial charge on any atom is 0.251 e. The lowest BCUT2D eigenvalue weighted by atomic mass is 10.1. The van der Waals surface area contributed by atoms with Crippen molar-refractivity contribution < 1.29 is 19.0 Å². The average molecular weight is 255 g/mol. The van der Waals surface area contributed by atoms with E-state index in [1.54, 1.807) is 13.8 Å². The van der Waals surface area contributed by atoms with Gasteiger partial charge in [0.05, 0.1) is 12.7 Å². The zero-order valence-corrected chi connectivity index (χ0v) is 10.8. The molecule has 0 saturated heterocycles. The van der Waals surface area contributed by atoms with Crippen molar-refractivity contribution in [2.24, 2.45) is 0 Å². The Morgan fingerprint density at radius 3 is 2.50 bits per heavy atom. The summed E-state index contributed by atoms with van der Waals surface area (Å²) >= 11 is 0. The predicted octanol–water partition coefficient (Wildman–Crippen LogP) is 1.18. The van der Waals surface area contributed by atoms with E-state index in [9.17, 15) is 14.3 Å². The molecule has 1 aromatic rings. The van der Waals surface area contributed by atoms with Gasteiger partial charge in [-0.25, -0.2) is 4.39 Å². The third kappa shape index (κ3) is 3.78. The van der Waals surface area contributed by atoms with E-state index in [2.05, 4.69) is 5.32 Å². The van der Waals surface area contributed by atoms with Gasteiger partial charge in [-0.1, -0.05) is 0 Å². The van der Waals surface area contributed by atoms with Gasteiger partial charge in [0.15, 0.2) is 0 Å². The van der Waals surface area contributed by atoms with Gasteiger partial charge < -0.3 is 15.2 Å². The molecule has 5 heteroatoms. The average Bonchev–Trinajstić information content (AvgIpc) is 2.32. The lowest BCUT2D eigenvalue weighted by Crippen LogP contribution is -2.34. The molecule has 2 N–H and O–H groups in total. The van der Waals surface area contributed by atoms with Crippen LogP contribution in [-0.2, 0) is 4.74 Å². The molecule has 0 aliphatic carbocycles. The van der Waals surface area contributed by atoms with Crippen molar-refractivity contribution in [2.45, 2.75) is 20.0 Å². The number of rotatable bonds is 5. The van der Waals surface area contributed by atoms with Crippen molar-refractivity contribution in [2.75, 3.05) is 20.3 Å². The zero-order valence-electron chi connectivity index (χ0n) is 10.8. The fraction of sp³-hybridized carbons (Fsp3) is 0.462. The van der Waals surface area contributed by atoms with Crippen LogP contribution in [0.2, 0.25) is 0 Å². The normalized spacial score (nSPS) is 12.3. The molecule has 1 rings (SSSR count). The molecule has 1 aromatic carbocycles. The van der Waals surface area contributed by atoms with E-state index in [1.807, 2.05) is 0 Å². The largest absolute Gasteiger partial charge is 0.389 e. The molecule has 0 spiro atoms. The van der Waals surface area contributed by atoms with Gasteiger partial charge >= 0.3 is 0 Å². The highest BCUT2D eigenvalue weighted by molar-refractivity contribution is 5.94. The quantitative estimate of drug-likeness (QED) is 0.830. The van der Waals surface area contributed by atoms with Crippen LogP contribution in [0.3, 0.4) is 0 Å². The van der Waals surface area contributed by atoms with Crippen molar-refractivity contribution in [3.8, 4) is 0 Å². The molecule has 100 valence electrons. The van der Waals surface area contributed by atoms with Gasteiger partial charge in [-0.15, -0.1) is 0 Å². The molecule has 0 aromatic heterocycles. The number of halogens is 1. The predicted molar refractivity (Wildman–Crippen MR) is 66.1 cm³/mol. The fourth-order valence-corrected chi connectivity index (χ4v) is 1.64. The van der Waals surface area contributed by atoms with E-state index in [0.29, 0.717) is 16.7 Å². The summed E-state index contributed by atoms with van der Waals surface area (Å²) in [7, 11) is 1.47. The molecular formula is C13H18FNO3. The number of hydrogen-bond donors (Lipinski definition) is 2. The first-order valence-electron chi connectivity index (χ1n) is 5.67. The van der Waals surface area contributed by atoms with Crippen LogP contribution in [0.5, 0.6) is 0 Å². The number of aliphatic hydroxyl groups is 1. The third-order valence-electron chi connectivity index (χ3n) is 2.56. The number of methoxy groups -OCH3 is 1. The van der Waals surface area contributed by atoms with Gasteiger partial charge in [-0.2, -0.15) is 0 Å². The molecule has 0 fully saturated rings. The number of nitrogens with one attached hydrogen (secondary N) is 1. The van der Waals surface area contributed by atoms with Gasteiger partial charge in [-0.3, -0.25) is 4.79 Å². The van der Waals surface area contributed by atoms with Crippen LogP contribution in [0.15, 0.2) is 12.1 Å². The molecule has 0 saturated carbocycles. The first-order valence-corrected chi connectivity index (χ1v) is 5.67. The fourth-order valence-electron chi connectivity index (χ4n) is 1.64. The molecule has 4 nitrogen and oxygen atoms in total. The van der Waals surface area contributed by atoms with Crippen LogP contribution in [0, 0.1) is 19.7 Å². The van der Waals surface area contributed by atoms with E-state index in [-0.39, 0.29) is 24.9 Å². The minimum atomic E-state index is -0.749. The highest BCUT2D eigenvalue weighted by Gasteiger charge is 2.12. The molecule has 0 heterocycles. The van der Waals surface area contributed by atoms with E-state index in [1.165, 1.54) is 19.2 Å². The smallest absolute Gasteiger partial charge is 0.251 e. The number of benzene rings is 1. The molecule has 0 aliphatic heterocycles. The molecule has 1 unspecified atom stereocenters. The Labute approximate surface area is 106 Å². The topological polar surface area (TPSA) is 58.6 Å². The highest BCUT2D eigenvalue weighted by atomic mass is 19.1. The Bertz CT molecular complexity index is 411. The molecule has 0 bridgehead atoms. The number of aryl methyl sites for hydroxylation is 2. The third-order valence-corrected chi connectivity index (χ3v) is 2.56. The summed E-state index contributed by atoms with van der Waals surface area (Å²) in [6, 6.07) is 2.97. The maximum absolute atomic E-state index is 13.4. The zero-order chi connectivity index (χ0) is 13.7. The SMILES string of the molecule is COCC(O)CNC(=O)c1cc(C)c(F)c(C)c1. The summed E-state index contributed by atoms with van der Waals surface area (Å²) in [5, 5.41) is 12.0. The lowest BCUT2D eigenvalue weighted by molar-refractivity contribution is 0.0610. The number of ether oxygens (including phenoxy) is 1. The Hall–Kier alpha value is -1.46. The maximum atomic E-state index is 13.4. The summed E-state index contributed by atoms with van der Waals surface area (Å²) in [5.41, 5.74) is 1.24. The molecular weight excluding hydrogens is 237 g/mol. The number of carbonyl (C=O) groups excluding carboxylic acids is 1. The van der Waals surface area contributed by atoms with Gasteiger partial charge in [0, 0.05) is 19.2 Å². The number of carbonyl (C=O) groups is 1.